The van der Waals surface area contributed by atoms with Crippen LogP contribution >= 0.6 is 11.6 Å². The third kappa shape index (κ3) is 5.72. The summed E-state index contributed by atoms with van der Waals surface area (Å²) in [5.74, 6) is 0.156. The lowest BCUT2D eigenvalue weighted by molar-refractivity contribution is -0.134. The molecule has 2 aromatic rings. The maximum Gasteiger partial charge on any atom is 0.260 e. The van der Waals surface area contributed by atoms with Crippen LogP contribution in [0.2, 0.25) is 5.02 Å². The van der Waals surface area contributed by atoms with Crippen molar-refractivity contribution in [3.05, 3.63) is 59.1 Å². The van der Waals surface area contributed by atoms with Gasteiger partial charge in [0.2, 0.25) is 10.0 Å². The summed E-state index contributed by atoms with van der Waals surface area (Å²) in [7, 11) is -1.75. The summed E-state index contributed by atoms with van der Waals surface area (Å²) in [5, 5.41) is 0.136. The molecule has 1 heterocycles. The Labute approximate surface area is 182 Å². The van der Waals surface area contributed by atoms with Gasteiger partial charge in [-0.05, 0) is 37.7 Å². The van der Waals surface area contributed by atoms with Gasteiger partial charge in [0.05, 0.1) is 9.92 Å². The molecule has 1 saturated heterocycles. The molecule has 0 radical (unpaired) electrons. The van der Waals surface area contributed by atoms with Gasteiger partial charge >= 0.3 is 0 Å². The molecule has 1 N–H and O–H groups in total. The predicted octanol–water partition coefficient (Wildman–Crippen LogP) is 2.53. The van der Waals surface area contributed by atoms with Crippen molar-refractivity contribution in [3.8, 4) is 5.75 Å². The number of nitrogens with zero attached hydrogens (tertiary/aromatic N) is 2. The van der Waals surface area contributed by atoms with E-state index >= 15 is 0 Å². The maximum absolute atomic E-state index is 12.7. The number of sulfonamides is 1. The van der Waals surface area contributed by atoms with Gasteiger partial charge in [-0.2, -0.15) is 0 Å². The average molecular weight is 452 g/mol. The van der Waals surface area contributed by atoms with E-state index in [9.17, 15) is 13.2 Å². The minimum atomic E-state index is -3.77. The van der Waals surface area contributed by atoms with Crippen LogP contribution in [-0.4, -0.2) is 64.0 Å². The highest BCUT2D eigenvalue weighted by atomic mass is 35.5. The molecule has 3 rings (SSSR count). The highest BCUT2D eigenvalue weighted by molar-refractivity contribution is 7.89. The summed E-state index contributed by atoms with van der Waals surface area (Å²) in [6.45, 7) is 4.61. The minimum absolute atomic E-state index is 0.0352. The van der Waals surface area contributed by atoms with Crippen LogP contribution in [-0.2, 0) is 14.8 Å². The minimum Gasteiger partial charge on any atom is -0.482 e. The van der Waals surface area contributed by atoms with Gasteiger partial charge in [-0.3, -0.25) is 4.79 Å². The average Bonchev–Trinajstić information content (AvgIpc) is 2.73. The van der Waals surface area contributed by atoms with Crippen LogP contribution in [0.15, 0.2) is 53.4 Å². The lowest BCUT2D eigenvalue weighted by Crippen LogP contribution is -2.48. The summed E-state index contributed by atoms with van der Waals surface area (Å²) in [4.78, 5) is 16.3. The second kappa shape index (κ2) is 9.78. The zero-order valence-electron chi connectivity index (χ0n) is 17.0. The van der Waals surface area contributed by atoms with Crippen molar-refractivity contribution in [2.24, 2.45) is 0 Å². The van der Waals surface area contributed by atoms with Crippen LogP contribution in [0.1, 0.15) is 18.5 Å². The molecule has 162 valence electrons. The van der Waals surface area contributed by atoms with Crippen molar-refractivity contribution in [2.75, 3.05) is 39.8 Å². The third-order valence-corrected chi connectivity index (χ3v) is 6.89. The maximum atomic E-state index is 12.7. The van der Waals surface area contributed by atoms with Crippen molar-refractivity contribution < 1.29 is 17.9 Å². The third-order valence-electron chi connectivity index (χ3n) is 5.05. The van der Waals surface area contributed by atoms with Crippen molar-refractivity contribution in [1.29, 1.82) is 0 Å². The Morgan fingerprint density at radius 2 is 1.80 bits per heavy atom. The van der Waals surface area contributed by atoms with Crippen molar-refractivity contribution >= 4 is 27.5 Å². The number of likely N-dealkylation sites (N-methyl/N-ethyl adjacent to an activating group) is 1. The molecule has 0 bridgehead atoms. The highest BCUT2D eigenvalue weighted by Gasteiger charge is 2.22. The number of amides is 1. The highest BCUT2D eigenvalue weighted by Crippen LogP contribution is 2.28. The molecule has 1 aliphatic heterocycles. The van der Waals surface area contributed by atoms with E-state index < -0.39 is 16.1 Å². The van der Waals surface area contributed by atoms with Crippen molar-refractivity contribution in [3.63, 3.8) is 0 Å². The number of hydrogen-bond acceptors (Lipinski definition) is 5. The second-order valence-electron chi connectivity index (χ2n) is 7.32. The number of carbonyl (C=O) groups is 1. The Kier molecular flexibility index (Phi) is 7.36. The molecule has 1 fully saturated rings. The zero-order valence-corrected chi connectivity index (χ0v) is 18.6. The predicted molar refractivity (Wildman–Crippen MR) is 116 cm³/mol. The van der Waals surface area contributed by atoms with Crippen molar-refractivity contribution in [2.45, 2.75) is 17.9 Å². The van der Waals surface area contributed by atoms with E-state index in [2.05, 4.69) is 9.62 Å². The summed E-state index contributed by atoms with van der Waals surface area (Å²) in [6, 6.07) is 13.1. The van der Waals surface area contributed by atoms with Gasteiger partial charge in [0, 0.05) is 32.2 Å². The largest absolute Gasteiger partial charge is 0.482 e. The van der Waals surface area contributed by atoms with Gasteiger partial charge in [0.25, 0.3) is 5.91 Å². The van der Waals surface area contributed by atoms with Crippen LogP contribution in [0.4, 0.5) is 0 Å². The number of rotatable bonds is 7. The lowest BCUT2D eigenvalue weighted by Gasteiger charge is -2.32. The van der Waals surface area contributed by atoms with E-state index in [1.165, 1.54) is 18.2 Å². The Hall–Kier alpha value is -2.13. The number of nitrogens with one attached hydrogen (secondary N) is 1. The molecule has 0 saturated carbocycles. The topological polar surface area (TPSA) is 78.9 Å². The van der Waals surface area contributed by atoms with E-state index in [1.54, 1.807) is 11.8 Å². The summed E-state index contributed by atoms with van der Waals surface area (Å²) in [6.07, 6.45) is 0. The molecule has 1 aliphatic rings. The van der Waals surface area contributed by atoms with Gasteiger partial charge in [0.15, 0.2) is 6.61 Å². The van der Waals surface area contributed by atoms with Crippen LogP contribution in [0.25, 0.3) is 0 Å². The summed E-state index contributed by atoms with van der Waals surface area (Å²) in [5.41, 5.74) is 0.856. The number of benzene rings is 2. The first-order valence-electron chi connectivity index (χ1n) is 9.72. The smallest absolute Gasteiger partial charge is 0.260 e. The fourth-order valence-electron chi connectivity index (χ4n) is 3.16. The lowest BCUT2D eigenvalue weighted by atomic mass is 10.1. The fraction of sp³-hybridized carbons (Fsp3) is 0.381. The number of halogens is 1. The molecule has 0 aromatic heterocycles. The van der Waals surface area contributed by atoms with Crippen LogP contribution in [0.3, 0.4) is 0 Å². The van der Waals surface area contributed by atoms with E-state index in [-0.39, 0.29) is 28.2 Å². The van der Waals surface area contributed by atoms with E-state index in [0.29, 0.717) is 13.1 Å². The fourth-order valence-corrected chi connectivity index (χ4v) is 4.72. The Bertz CT molecular complexity index is 977. The molecule has 0 spiro atoms. The first-order valence-corrected chi connectivity index (χ1v) is 11.6. The van der Waals surface area contributed by atoms with E-state index in [0.717, 1.165) is 18.7 Å². The SMILES string of the molecule is CC(NS(=O)(=O)c1ccc(OCC(=O)N2CCN(C)CC2)c(Cl)c1)c1ccccc1. The summed E-state index contributed by atoms with van der Waals surface area (Å²) >= 11 is 6.23. The molecule has 30 heavy (non-hydrogen) atoms. The standard InChI is InChI=1S/C21H26ClN3O4S/c1-16(17-6-4-3-5-7-17)23-30(27,28)18-8-9-20(19(22)14-18)29-15-21(26)25-12-10-24(2)11-13-25/h3-9,14,16,23H,10-13,15H2,1-2H3. The molecule has 0 aliphatic carbocycles. The Balaban J connectivity index is 1.62. The van der Waals surface area contributed by atoms with E-state index in [1.807, 2.05) is 37.4 Å². The monoisotopic (exact) mass is 451 g/mol. The number of hydrogen-bond donors (Lipinski definition) is 1. The van der Waals surface area contributed by atoms with Crippen LogP contribution in [0.5, 0.6) is 5.75 Å². The Morgan fingerprint density at radius 3 is 2.43 bits per heavy atom. The van der Waals surface area contributed by atoms with Gasteiger partial charge < -0.3 is 14.5 Å². The molecule has 2 aromatic carbocycles. The normalized spacial score (nSPS) is 16.3. The number of carbonyl (C=O) groups excluding carboxylic acids is 1. The Morgan fingerprint density at radius 1 is 1.13 bits per heavy atom. The van der Waals surface area contributed by atoms with Gasteiger partial charge in [0.1, 0.15) is 5.75 Å². The molecular weight excluding hydrogens is 426 g/mol. The quantitative estimate of drug-likeness (QED) is 0.699. The molecule has 1 unspecified atom stereocenters. The molecular formula is C21H26ClN3O4S. The molecule has 7 nitrogen and oxygen atoms in total. The van der Waals surface area contributed by atoms with Gasteiger partial charge in [-0.15, -0.1) is 0 Å². The first-order chi connectivity index (χ1) is 14.3. The molecule has 1 amide bonds. The van der Waals surface area contributed by atoms with Gasteiger partial charge in [-0.25, -0.2) is 13.1 Å². The van der Waals surface area contributed by atoms with Crippen molar-refractivity contribution in [1.82, 2.24) is 14.5 Å². The van der Waals surface area contributed by atoms with Gasteiger partial charge in [-0.1, -0.05) is 41.9 Å². The van der Waals surface area contributed by atoms with Crippen LogP contribution in [0, 0.1) is 0 Å². The van der Waals surface area contributed by atoms with E-state index in [4.69, 9.17) is 16.3 Å². The zero-order chi connectivity index (χ0) is 21.7. The first kappa shape index (κ1) is 22.6. The van der Waals surface area contributed by atoms with Crippen LogP contribution < -0.4 is 9.46 Å². The molecule has 9 heteroatoms. The number of ether oxygens (including phenoxy) is 1. The molecule has 1 atom stereocenters. The second-order valence-corrected chi connectivity index (χ2v) is 9.44. The summed E-state index contributed by atoms with van der Waals surface area (Å²) < 4.78 is 33.6. The number of piperazine rings is 1.